The van der Waals surface area contributed by atoms with E-state index in [2.05, 4.69) is 22.4 Å². The minimum atomic E-state index is -1.30. The normalized spacial score (nSPS) is 18.3. The second-order valence-electron chi connectivity index (χ2n) is 7.80. The first-order chi connectivity index (χ1) is 14.8. The van der Waals surface area contributed by atoms with Crippen LogP contribution in [0.25, 0.3) is 17.0 Å². The summed E-state index contributed by atoms with van der Waals surface area (Å²) < 4.78 is 24.8. The van der Waals surface area contributed by atoms with Crippen LogP contribution in [0.1, 0.15) is 16.8 Å². The molecule has 1 aliphatic rings. The van der Waals surface area contributed by atoms with E-state index >= 15 is 0 Å². The molecule has 2 unspecified atom stereocenters. The fourth-order valence-corrected chi connectivity index (χ4v) is 3.69. The second kappa shape index (κ2) is 7.98. The summed E-state index contributed by atoms with van der Waals surface area (Å²) in [5.74, 6) is -0.0270. The van der Waals surface area contributed by atoms with Crippen LogP contribution >= 0.6 is 0 Å². The number of aromatic nitrogens is 6. The monoisotopic (exact) mass is 424 g/mol. The van der Waals surface area contributed by atoms with Crippen molar-refractivity contribution < 1.29 is 9.13 Å². The van der Waals surface area contributed by atoms with E-state index in [1.165, 1.54) is 13.1 Å². The molecular weight excluding hydrogens is 399 g/mol. The second-order valence-corrected chi connectivity index (χ2v) is 7.80. The number of rotatable bonds is 5. The van der Waals surface area contributed by atoms with Crippen molar-refractivity contribution in [1.82, 2.24) is 29.6 Å². The van der Waals surface area contributed by atoms with Crippen molar-refractivity contribution in [2.45, 2.75) is 26.9 Å². The summed E-state index contributed by atoms with van der Waals surface area (Å²) in [5, 5.41) is 12.2. The SMILES string of the molecule is Cc1cc(-c2nn(C)c(C)c2C)ccc1OCC1C(n2nnn(C)c2=O)=CC=CC1F. The van der Waals surface area contributed by atoms with Gasteiger partial charge in [-0.25, -0.2) is 9.18 Å². The summed E-state index contributed by atoms with van der Waals surface area (Å²) in [6.45, 7) is 6.09. The van der Waals surface area contributed by atoms with Crippen molar-refractivity contribution in [3.8, 4) is 17.0 Å². The first kappa shape index (κ1) is 20.8. The molecule has 0 aliphatic heterocycles. The van der Waals surface area contributed by atoms with E-state index in [1.807, 2.05) is 43.8 Å². The molecule has 0 radical (unpaired) electrons. The number of aryl methyl sites for hydroxylation is 3. The van der Waals surface area contributed by atoms with Crippen LogP contribution in [0.15, 0.2) is 41.2 Å². The largest absolute Gasteiger partial charge is 0.492 e. The molecule has 0 fully saturated rings. The van der Waals surface area contributed by atoms with Gasteiger partial charge in [-0.3, -0.25) is 4.68 Å². The van der Waals surface area contributed by atoms with E-state index in [9.17, 15) is 9.18 Å². The molecular formula is C22H25FN6O2. The van der Waals surface area contributed by atoms with Crippen molar-refractivity contribution in [3.63, 3.8) is 0 Å². The van der Waals surface area contributed by atoms with E-state index in [4.69, 9.17) is 4.74 Å². The van der Waals surface area contributed by atoms with Crippen LogP contribution in [0.5, 0.6) is 5.75 Å². The van der Waals surface area contributed by atoms with Crippen LogP contribution in [0.3, 0.4) is 0 Å². The highest BCUT2D eigenvalue weighted by Gasteiger charge is 2.29. The topological polar surface area (TPSA) is 79.8 Å². The molecule has 0 N–H and O–H groups in total. The van der Waals surface area contributed by atoms with Gasteiger partial charge in [0, 0.05) is 25.4 Å². The summed E-state index contributed by atoms with van der Waals surface area (Å²) in [4.78, 5) is 12.2. The number of benzene rings is 1. The van der Waals surface area contributed by atoms with Crippen LogP contribution in [0.4, 0.5) is 4.39 Å². The molecule has 9 heteroatoms. The van der Waals surface area contributed by atoms with Crippen molar-refractivity contribution >= 4 is 5.70 Å². The first-order valence-corrected chi connectivity index (χ1v) is 10.0. The fourth-order valence-electron chi connectivity index (χ4n) is 3.69. The Hall–Kier alpha value is -3.49. The molecule has 2 atom stereocenters. The van der Waals surface area contributed by atoms with Gasteiger partial charge in [0.05, 0.1) is 23.9 Å². The molecule has 0 amide bonds. The zero-order valence-electron chi connectivity index (χ0n) is 18.2. The molecule has 0 spiro atoms. The average molecular weight is 424 g/mol. The predicted molar refractivity (Wildman–Crippen MR) is 115 cm³/mol. The molecule has 2 heterocycles. The van der Waals surface area contributed by atoms with Crippen LogP contribution < -0.4 is 10.4 Å². The third-order valence-corrected chi connectivity index (χ3v) is 5.79. The van der Waals surface area contributed by atoms with Gasteiger partial charge in [0.15, 0.2) is 0 Å². The Bertz CT molecular complexity index is 1250. The summed E-state index contributed by atoms with van der Waals surface area (Å²) in [6.07, 6.45) is 3.39. The lowest BCUT2D eigenvalue weighted by Crippen LogP contribution is -2.32. The smallest absolute Gasteiger partial charge is 0.367 e. The van der Waals surface area contributed by atoms with Gasteiger partial charge in [-0.2, -0.15) is 14.5 Å². The number of tetrazole rings is 1. The molecule has 1 aromatic carbocycles. The van der Waals surface area contributed by atoms with Gasteiger partial charge in [-0.05, 0) is 72.7 Å². The minimum Gasteiger partial charge on any atom is -0.492 e. The molecule has 1 aliphatic carbocycles. The lowest BCUT2D eigenvalue weighted by Gasteiger charge is -2.24. The van der Waals surface area contributed by atoms with Gasteiger partial charge in [-0.15, -0.1) is 0 Å². The lowest BCUT2D eigenvalue weighted by molar-refractivity contribution is 0.211. The highest BCUT2D eigenvalue weighted by Crippen LogP contribution is 2.31. The lowest BCUT2D eigenvalue weighted by atomic mass is 9.95. The standard InChI is InChI=1S/C22H25FN6O2/c1-13-11-16(21-14(2)15(3)27(4)24-21)9-10-20(13)31-12-17-18(23)7-6-8-19(17)29-22(30)28(5)25-26-29/h6-11,17-18H,12H2,1-5H3. The summed E-state index contributed by atoms with van der Waals surface area (Å²) in [5.41, 5.74) is 5.09. The molecule has 0 bridgehead atoms. The van der Waals surface area contributed by atoms with Gasteiger partial charge in [0.2, 0.25) is 0 Å². The number of allylic oxidation sites excluding steroid dienone is 3. The van der Waals surface area contributed by atoms with Crippen molar-refractivity contribution in [1.29, 1.82) is 0 Å². The molecule has 0 saturated carbocycles. The van der Waals surface area contributed by atoms with E-state index in [1.54, 1.807) is 12.2 Å². The molecule has 4 rings (SSSR count). The number of hydrogen-bond donors (Lipinski definition) is 0. The van der Waals surface area contributed by atoms with Gasteiger partial charge in [0.1, 0.15) is 11.9 Å². The van der Waals surface area contributed by atoms with Gasteiger partial charge < -0.3 is 4.74 Å². The molecule has 2 aromatic heterocycles. The summed E-state index contributed by atoms with van der Waals surface area (Å²) in [7, 11) is 3.43. The zero-order valence-corrected chi connectivity index (χ0v) is 18.2. The average Bonchev–Trinajstić information content (AvgIpc) is 3.21. The summed E-state index contributed by atoms with van der Waals surface area (Å²) in [6, 6.07) is 5.84. The molecule has 0 saturated heterocycles. The zero-order chi connectivity index (χ0) is 22.3. The maximum absolute atomic E-state index is 14.7. The quantitative estimate of drug-likeness (QED) is 0.629. The summed E-state index contributed by atoms with van der Waals surface area (Å²) >= 11 is 0. The first-order valence-electron chi connectivity index (χ1n) is 10.0. The molecule has 31 heavy (non-hydrogen) atoms. The van der Waals surface area contributed by atoms with Crippen molar-refractivity contribution in [2.24, 2.45) is 20.0 Å². The van der Waals surface area contributed by atoms with Crippen LogP contribution in [0, 0.1) is 26.7 Å². The Morgan fingerprint density at radius 3 is 2.52 bits per heavy atom. The highest BCUT2D eigenvalue weighted by atomic mass is 19.1. The van der Waals surface area contributed by atoms with Crippen molar-refractivity contribution in [3.05, 3.63) is 63.7 Å². The highest BCUT2D eigenvalue weighted by molar-refractivity contribution is 5.66. The Labute approximate surface area is 179 Å². The number of alkyl halides is 1. The van der Waals surface area contributed by atoms with Gasteiger partial charge in [-0.1, -0.05) is 6.08 Å². The Morgan fingerprint density at radius 2 is 1.90 bits per heavy atom. The fraction of sp³-hybridized carbons (Fsp3) is 0.364. The Kier molecular flexibility index (Phi) is 5.34. The van der Waals surface area contributed by atoms with Crippen LogP contribution in [-0.4, -0.2) is 42.3 Å². The Morgan fingerprint density at radius 1 is 1.13 bits per heavy atom. The molecule has 3 aromatic rings. The number of halogens is 1. The maximum Gasteiger partial charge on any atom is 0.367 e. The number of ether oxygens (including phenoxy) is 1. The van der Waals surface area contributed by atoms with Crippen molar-refractivity contribution in [2.75, 3.05) is 6.61 Å². The third kappa shape index (κ3) is 3.71. The van der Waals surface area contributed by atoms with Gasteiger partial charge in [0.25, 0.3) is 0 Å². The molecule has 8 nitrogen and oxygen atoms in total. The minimum absolute atomic E-state index is 0.0578. The van der Waals surface area contributed by atoms with E-state index < -0.39 is 17.8 Å². The third-order valence-electron chi connectivity index (χ3n) is 5.79. The van der Waals surface area contributed by atoms with Crippen LogP contribution in [0.2, 0.25) is 0 Å². The predicted octanol–water partition coefficient (Wildman–Crippen LogP) is 2.75. The van der Waals surface area contributed by atoms with Gasteiger partial charge >= 0.3 is 5.69 Å². The Balaban J connectivity index is 1.56. The van der Waals surface area contributed by atoms with E-state index in [-0.39, 0.29) is 6.61 Å². The number of nitrogens with zero attached hydrogens (tertiary/aromatic N) is 6. The van der Waals surface area contributed by atoms with Crippen LogP contribution in [-0.2, 0) is 14.1 Å². The molecule has 162 valence electrons. The van der Waals surface area contributed by atoms with E-state index in [0.29, 0.717) is 11.4 Å². The maximum atomic E-state index is 14.7. The van der Waals surface area contributed by atoms with E-state index in [0.717, 1.165) is 37.4 Å². The number of hydrogen-bond acceptors (Lipinski definition) is 5.